The first-order valence-electron chi connectivity index (χ1n) is 6.13. The number of hydrogen-bond acceptors (Lipinski definition) is 3. The molecule has 0 N–H and O–H groups in total. The van der Waals surface area contributed by atoms with E-state index in [-0.39, 0.29) is 35.2 Å². The Bertz CT molecular complexity index is 677. The summed E-state index contributed by atoms with van der Waals surface area (Å²) in [7, 11) is -5.27. The summed E-state index contributed by atoms with van der Waals surface area (Å²) in [4.78, 5) is 0. The quantitative estimate of drug-likeness (QED) is 0.365. The van der Waals surface area contributed by atoms with E-state index in [0.717, 1.165) is 0 Å². The van der Waals surface area contributed by atoms with Crippen LogP contribution in [0.2, 0.25) is 0 Å². The summed E-state index contributed by atoms with van der Waals surface area (Å²) < 4.78 is 63.1. The minimum atomic E-state index is -5.27. The first-order chi connectivity index (χ1) is 9.18. The average Bonchev–Trinajstić information content (AvgIpc) is 2.65. The Morgan fingerprint density at radius 1 is 1.58 bits per heavy atom. The number of rotatable bonds is 3. The van der Waals surface area contributed by atoms with Gasteiger partial charge in [0.2, 0.25) is 0 Å². The molecule has 0 radical (unpaired) electrons. The van der Waals surface area contributed by atoms with Crippen LogP contribution < -0.4 is 18.9 Å². The largest absolute Gasteiger partial charge is 1.00 e. The van der Waals surface area contributed by atoms with Crippen LogP contribution in [0.4, 0.5) is 4.39 Å². The van der Waals surface area contributed by atoms with E-state index in [4.69, 9.17) is 9.16 Å². The molecule has 0 bridgehead atoms. The van der Waals surface area contributed by atoms with E-state index in [1.165, 1.54) is 6.07 Å². The van der Waals surface area contributed by atoms with Crippen LogP contribution in [0, 0.1) is 12.3 Å². The number of fused-ring (bicyclic) bond motifs is 1. The maximum Gasteiger partial charge on any atom is 1.00 e. The third-order valence-electron chi connectivity index (χ3n) is 2.80. The topological polar surface area (TPSA) is 60.4 Å². The molecule has 1 aliphatic rings. The van der Waals surface area contributed by atoms with Gasteiger partial charge in [-0.1, -0.05) is 30.2 Å². The van der Waals surface area contributed by atoms with Crippen molar-refractivity contribution in [1.82, 2.24) is 4.31 Å². The van der Waals surface area contributed by atoms with Crippen molar-refractivity contribution in [3.8, 4) is 12.3 Å². The van der Waals surface area contributed by atoms with Gasteiger partial charge in [-0.3, -0.25) is 0 Å². The second-order valence-electron chi connectivity index (χ2n) is 3.87. The first-order valence-corrected chi connectivity index (χ1v) is 6.50. The fourth-order valence-corrected chi connectivity index (χ4v) is 2.81. The minimum Gasteiger partial charge on any atom is -0.735 e. The van der Waals surface area contributed by atoms with E-state index in [2.05, 4.69) is 0 Å². The zero-order valence-corrected chi connectivity index (χ0v) is 11.0. The van der Waals surface area contributed by atoms with Gasteiger partial charge in [-0.2, -0.15) is 4.31 Å². The molecule has 7 heteroatoms. The smallest absolute Gasteiger partial charge is 0.735 e. The van der Waals surface area contributed by atoms with Crippen molar-refractivity contribution in [3.63, 3.8) is 0 Å². The summed E-state index contributed by atoms with van der Waals surface area (Å²) in [5.74, 6) is 1.59. The van der Waals surface area contributed by atoms with Gasteiger partial charge in [-0.05, 0) is 11.1 Å². The Morgan fingerprint density at radius 3 is 2.79 bits per heavy atom. The van der Waals surface area contributed by atoms with E-state index in [1.807, 2.05) is 0 Å². The van der Waals surface area contributed by atoms with Crippen LogP contribution in [0.1, 0.15) is 19.9 Å². The molecule has 4 nitrogen and oxygen atoms in total. The number of halogens is 1. The zero-order chi connectivity index (χ0) is 15.1. The summed E-state index contributed by atoms with van der Waals surface area (Å²) in [6, 6.07) is 4.73. The maximum absolute atomic E-state index is 14.1. The van der Waals surface area contributed by atoms with Gasteiger partial charge in [-0.15, -0.1) is 6.42 Å². The standard InChI is InChI=1S/C12H12FNO3S.Li/c1-2-7-14(18(15,16)17)12-10-6-4-3-5-9(10)8-11(12)13;/h1,3-6,11-12H,7-8H2,(H,15,16,17);/q;+1/p-1/i7D2,13-1;. The molecule has 2 unspecified atom stereocenters. The monoisotopic (exact) mass is 276 g/mol. The van der Waals surface area contributed by atoms with Crippen molar-refractivity contribution in [2.24, 2.45) is 0 Å². The van der Waals surface area contributed by atoms with Crippen molar-refractivity contribution in [2.45, 2.75) is 18.6 Å². The summed E-state index contributed by atoms with van der Waals surface area (Å²) in [5, 5.41) is 0. The number of nitrogens with zero attached hydrogens (tertiary/aromatic N) is 1. The third kappa shape index (κ3) is 3.20. The molecule has 0 fully saturated rings. The summed E-state index contributed by atoms with van der Waals surface area (Å²) in [6.45, 7) is -2.90. The first kappa shape index (κ1) is 13.2. The van der Waals surface area contributed by atoms with E-state index < -0.39 is 29.0 Å². The van der Waals surface area contributed by atoms with Crippen molar-refractivity contribution < 1.29 is 39.0 Å². The van der Waals surface area contributed by atoms with Crippen LogP contribution in [-0.2, 0) is 16.7 Å². The van der Waals surface area contributed by atoms with E-state index in [1.54, 1.807) is 24.1 Å². The molecular weight excluding hydrogens is 263 g/mol. The molecule has 0 aliphatic heterocycles. The van der Waals surface area contributed by atoms with Gasteiger partial charge >= 0.3 is 18.9 Å². The van der Waals surface area contributed by atoms with Gasteiger partial charge in [-0.25, -0.2) is 12.8 Å². The van der Waals surface area contributed by atoms with Crippen molar-refractivity contribution in [3.05, 3.63) is 35.4 Å². The predicted octanol–water partition coefficient (Wildman–Crippen LogP) is -1.98. The molecule has 2 rings (SSSR count). The van der Waals surface area contributed by atoms with Crippen molar-refractivity contribution >= 4 is 10.3 Å². The number of hydrogen-bond donors (Lipinski definition) is 0. The molecule has 0 saturated heterocycles. The van der Waals surface area contributed by atoms with Crippen LogP contribution in [0.25, 0.3) is 0 Å². The molecule has 1 aromatic carbocycles. The number of terminal acetylenes is 1. The molecule has 1 aliphatic carbocycles. The molecule has 0 saturated carbocycles. The van der Waals surface area contributed by atoms with Crippen LogP contribution in [0.5, 0.6) is 0 Å². The minimum absolute atomic E-state index is 0. The summed E-state index contributed by atoms with van der Waals surface area (Å²) in [5.41, 5.74) is 0.796. The normalized spacial score (nSPS) is 23.9. The molecule has 0 aromatic heterocycles. The van der Waals surface area contributed by atoms with Crippen molar-refractivity contribution in [1.29, 1.82) is 0 Å². The number of benzene rings is 1. The number of alkyl halides is 1. The second-order valence-corrected chi connectivity index (χ2v) is 5.12. The van der Waals surface area contributed by atoms with Gasteiger partial charge in [0.05, 0.1) is 15.3 Å². The Kier molecular flexibility index (Phi) is 4.22. The Balaban J connectivity index is 0.00000220. The maximum atomic E-state index is 14.1. The fraction of sp³-hybridized carbons (Fsp3) is 0.333. The third-order valence-corrected chi connectivity index (χ3v) is 3.60. The second kappa shape index (κ2) is 6.09. The van der Waals surface area contributed by atoms with Crippen LogP contribution in [0.3, 0.4) is 0 Å². The molecular formula is C12H11FLiNO3S. The molecule has 1 aromatic rings. The molecule has 96 valence electrons. The van der Waals surface area contributed by atoms with Gasteiger partial charge in [0, 0.05) is 6.42 Å². The fourth-order valence-electron chi connectivity index (χ4n) is 2.13. The Hall–Kier alpha value is -0.823. The SMILES string of the molecule is [2H]C([2H])(C#C)N(C1c2ccccc2CC1[18F])S(=O)(=O)[O-].[Li+]. The van der Waals surface area contributed by atoms with E-state index in [9.17, 15) is 17.4 Å². The van der Waals surface area contributed by atoms with Crippen molar-refractivity contribution in [2.75, 3.05) is 6.50 Å². The van der Waals surface area contributed by atoms with Crippen LogP contribution in [0.15, 0.2) is 24.3 Å². The molecule has 0 amide bonds. The molecule has 0 heterocycles. The summed E-state index contributed by atoms with van der Waals surface area (Å²) >= 11 is 0. The van der Waals surface area contributed by atoms with Crippen LogP contribution >= 0.6 is 0 Å². The van der Waals surface area contributed by atoms with E-state index in [0.29, 0.717) is 5.56 Å². The van der Waals surface area contributed by atoms with Gasteiger partial charge in [0.1, 0.15) is 6.17 Å². The van der Waals surface area contributed by atoms with Gasteiger partial charge in [0.25, 0.3) is 0 Å². The molecule has 0 spiro atoms. The molecule has 19 heavy (non-hydrogen) atoms. The Labute approximate surface area is 126 Å². The summed E-state index contributed by atoms with van der Waals surface area (Å²) in [6.07, 6.45) is 3.13. The van der Waals surface area contributed by atoms with Gasteiger partial charge < -0.3 is 4.55 Å². The van der Waals surface area contributed by atoms with Gasteiger partial charge in [0.15, 0.2) is 10.3 Å². The molecule has 2 atom stereocenters. The van der Waals surface area contributed by atoms with E-state index >= 15 is 0 Å². The Morgan fingerprint density at radius 2 is 2.21 bits per heavy atom. The predicted molar refractivity (Wildman–Crippen MR) is 63.0 cm³/mol. The van der Waals surface area contributed by atoms with Crippen LogP contribution in [-0.4, -0.2) is 29.9 Å². The zero-order valence-electron chi connectivity index (χ0n) is 12.2. The average molecular weight is 276 g/mol.